The van der Waals surface area contributed by atoms with Crippen LogP contribution in [0.2, 0.25) is 0 Å². The van der Waals surface area contributed by atoms with Crippen LogP contribution in [0.3, 0.4) is 0 Å². The van der Waals surface area contributed by atoms with Gasteiger partial charge in [0.2, 0.25) is 10.0 Å². The number of aryl methyl sites for hydroxylation is 1. The van der Waals surface area contributed by atoms with Gasteiger partial charge in [-0.1, -0.05) is 33.3 Å². The Morgan fingerprint density at radius 3 is 2.45 bits per heavy atom. The summed E-state index contributed by atoms with van der Waals surface area (Å²) in [6.07, 6.45) is 2.54. The number of hydrogen-bond donors (Lipinski definition) is 2. The van der Waals surface area contributed by atoms with Gasteiger partial charge in [0.1, 0.15) is 0 Å². The van der Waals surface area contributed by atoms with Crippen LogP contribution in [0.5, 0.6) is 0 Å². The van der Waals surface area contributed by atoms with E-state index in [1.807, 2.05) is 13.8 Å². The van der Waals surface area contributed by atoms with Crippen LogP contribution in [0.4, 0.5) is 5.69 Å². The maximum atomic E-state index is 12.5. The minimum atomic E-state index is -3.51. The predicted molar refractivity (Wildman–Crippen MR) is 84.1 cm³/mol. The van der Waals surface area contributed by atoms with Crippen molar-refractivity contribution in [3.05, 3.63) is 23.8 Å². The van der Waals surface area contributed by atoms with Gasteiger partial charge in [-0.15, -0.1) is 0 Å². The van der Waals surface area contributed by atoms with Gasteiger partial charge in [-0.2, -0.15) is 0 Å². The summed E-state index contributed by atoms with van der Waals surface area (Å²) in [6.45, 7) is 8.08. The average molecular weight is 298 g/mol. The Morgan fingerprint density at radius 1 is 1.25 bits per heavy atom. The highest BCUT2D eigenvalue weighted by Crippen LogP contribution is 2.21. The standard InChI is InChI=1S/C15H26N2O2S/c1-5-11(3)9-12(4)17-20(18,19)15-10-14(16)8-7-13(15)6-2/h7-8,10-12,17H,5-6,9,16H2,1-4H3. The molecule has 3 N–H and O–H groups in total. The number of hydrogen-bond acceptors (Lipinski definition) is 3. The first-order valence-electron chi connectivity index (χ1n) is 7.20. The van der Waals surface area contributed by atoms with Crippen LogP contribution in [0, 0.1) is 5.92 Å². The highest BCUT2D eigenvalue weighted by Gasteiger charge is 2.21. The van der Waals surface area contributed by atoms with Crippen molar-refractivity contribution in [2.45, 2.75) is 57.9 Å². The Hall–Kier alpha value is -1.07. The zero-order valence-corrected chi connectivity index (χ0v) is 13.6. The van der Waals surface area contributed by atoms with E-state index in [2.05, 4.69) is 18.6 Å². The van der Waals surface area contributed by atoms with Gasteiger partial charge >= 0.3 is 0 Å². The summed E-state index contributed by atoms with van der Waals surface area (Å²) in [6, 6.07) is 4.97. The van der Waals surface area contributed by atoms with Crippen LogP contribution in [0.25, 0.3) is 0 Å². The van der Waals surface area contributed by atoms with E-state index in [1.54, 1.807) is 12.1 Å². The van der Waals surface area contributed by atoms with Crippen molar-refractivity contribution in [3.63, 3.8) is 0 Å². The topological polar surface area (TPSA) is 72.2 Å². The maximum absolute atomic E-state index is 12.5. The lowest BCUT2D eigenvalue weighted by molar-refractivity contribution is 0.445. The zero-order valence-electron chi connectivity index (χ0n) is 12.8. The van der Waals surface area contributed by atoms with E-state index in [0.29, 0.717) is 22.9 Å². The van der Waals surface area contributed by atoms with Crippen molar-refractivity contribution in [1.29, 1.82) is 0 Å². The van der Waals surface area contributed by atoms with Crippen LogP contribution in [-0.4, -0.2) is 14.5 Å². The second-order valence-corrected chi connectivity index (χ2v) is 7.17. The van der Waals surface area contributed by atoms with Crippen molar-refractivity contribution >= 4 is 15.7 Å². The molecule has 2 unspecified atom stereocenters. The molecule has 114 valence electrons. The smallest absolute Gasteiger partial charge is 0.241 e. The molecule has 0 aliphatic carbocycles. The minimum absolute atomic E-state index is 0.0823. The number of sulfonamides is 1. The predicted octanol–water partition coefficient (Wildman–Crippen LogP) is 2.93. The van der Waals surface area contributed by atoms with Gasteiger partial charge < -0.3 is 5.73 Å². The van der Waals surface area contributed by atoms with Crippen molar-refractivity contribution in [3.8, 4) is 0 Å². The van der Waals surface area contributed by atoms with E-state index in [-0.39, 0.29) is 6.04 Å². The maximum Gasteiger partial charge on any atom is 0.241 e. The molecule has 1 aromatic carbocycles. The summed E-state index contributed by atoms with van der Waals surface area (Å²) in [7, 11) is -3.51. The Bertz CT molecular complexity index is 541. The molecule has 0 amide bonds. The lowest BCUT2D eigenvalue weighted by Crippen LogP contribution is -2.34. The lowest BCUT2D eigenvalue weighted by Gasteiger charge is -2.19. The molecule has 0 saturated heterocycles. The Balaban J connectivity index is 2.96. The third-order valence-electron chi connectivity index (χ3n) is 3.57. The molecule has 1 rings (SSSR count). The molecule has 0 aromatic heterocycles. The van der Waals surface area contributed by atoms with Crippen LogP contribution in [-0.2, 0) is 16.4 Å². The van der Waals surface area contributed by atoms with Crippen LogP contribution < -0.4 is 10.5 Å². The van der Waals surface area contributed by atoms with E-state index in [1.165, 1.54) is 6.07 Å². The van der Waals surface area contributed by atoms with Crippen LogP contribution in [0.15, 0.2) is 23.1 Å². The third-order valence-corrected chi connectivity index (χ3v) is 5.24. The summed E-state index contributed by atoms with van der Waals surface area (Å²) in [5, 5.41) is 0. The molecule has 1 aromatic rings. The lowest BCUT2D eigenvalue weighted by atomic mass is 10.0. The van der Waals surface area contributed by atoms with Crippen molar-refractivity contribution < 1.29 is 8.42 Å². The quantitative estimate of drug-likeness (QED) is 0.760. The van der Waals surface area contributed by atoms with E-state index in [9.17, 15) is 8.42 Å². The first kappa shape index (κ1) is 17.0. The molecule has 0 fully saturated rings. The number of nitrogen functional groups attached to an aromatic ring is 1. The van der Waals surface area contributed by atoms with Crippen LogP contribution >= 0.6 is 0 Å². The fraction of sp³-hybridized carbons (Fsp3) is 0.600. The molecule has 0 spiro atoms. The zero-order chi connectivity index (χ0) is 15.3. The summed E-state index contributed by atoms with van der Waals surface area (Å²) < 4.78 is 27.7. The largest absolute Gasteiger partial charge is 0.399 e. The second kappa shape index (κ2) is 7.09. The normalized spacial score (nSPS) is 15.0. The molecule has 0 aliphatic heterocycles. The number of nitrogens with one attached hydrogen (secondary N) is 1. The van der Waals surface area contributed by atoms with Gasteiger partial charge in [-0.3, -0.25) is 0 Å². The number of benzene rings is 1. The van der Waals surface area contributed by atoms with Gasteiger partial charge in [0, 0.05) is 11.7 Å². The number of nitrogens with two attached hydrogens (primary N) is 1. The SMILES string of the molecule is CCc1ccc(N)cc1S(=O)(=O)NC(C)CC(C)CC. The first-order chi connectivity index (χ1) is 9.30. The van der Waals surface area contributed by atoms with E-state index in [0.717, 1.165) is 18.4 Å². The Labute approximate surface area is 122 Å². The van der Waals surface area contributed by atoms with Crippen molar-refractivity contribution in [2.24, 2.45) is 5.92 Å². The van der Waals surface area contributed by atoms with Gasteiger partial charge in [0.05, 0.1) is 4.90 Å². The molecule has 0 heterocycles. The minimum Gasteiger partial charge on any atom is -0.399 e. The molecule has 0 saturated carbocycles. The molecule has 2 atom stereocenters. The number of rotatable bonds is 7. The highest BCUT2D eigenvalue weighted by atomic mass is 32.2. The molecule has 0 bridgehead atoms. The molecule has 0 aliphatic rings. The monoisotopic (exact) mass is 298 g/mol. The summed E-state index contributed by atoms with van der Waals surface area (Å²) >= 11 is 0. The third kappa shape index (κ3) is 4.49. The molecule has 4 nitrogen and oxygen atoms in total. The van der Waals surface area contributed by atoms with E-state index in [4.69, 9.17) is 5.73 Å². The van der Waals surface area contributed by atoms with Gasteiger partial charge in [0.25, 0.3) is 0 Å². The van der Waals surface area contributed by atoms with Crippen molar-refractivity contribution in [1.82, 2.24) is 4.72 Å². The summed E-state index contributed by atoms with van der Waals surface area (Å²) in [5.41, 5.74) is 6.98. The summed E-state index contributed by atoms with van der Waals surface area (Å²) in [5.74, 6) is 0.499. The van der Waals surface area contributed by atoms with Gasteiger partial charge in [0.15, 0.2) is 0 Å². The van der Waals surface area contributed by atoms with Crippen molar-refractivity contribution in [2.75, 3.05) is 5.73 Å². The molecular weight excluding hydrogens is 272 g/mol. The fourth-order valence-corrected chi connectivity index (χ4v) is 3.86. The fourth-order valence-electron chi connectivity index (χ4n) is 2.26. The van der Waals surface area contributed by atoms with Crippen LogP contribution in [0.1, 0.15) is 46.1 Å². The van der Waals surface area contributed by atoms with E-state index >= 15 is 0 Å². The molecule has 5 heteroatoms. The molecular formula is C15H26N2O2S. The Kier molecular flexibility index (Phi) is 6.02. The summed E-state index contributed by atoms with van der Waals surface area (Å²) in [4.78, 5) is 0.302. The van der Waals surface area contributed by atoms with Gasteiger partial charge in [-0.05, 0) is 43.4 Å². The molecule has 20 heavy (non-hydrogen) atoms. The van der Waals surface area contributed by atoms with E-state index < -0.39 is 10.0 Å². The Morgan fingerprint density at radius 2 is 1.90 bits per heavy atom. The second-order valence-electron chi connectivity index (χ2n) is 5.49. The average Bonchev–Trinajstić information content (AvgIpc) is 2.37. The first-order valence-corrected chi connectivity index (χ1v) is 8.69. The highest BCUT2D eigenvalue weighted by molar-refractivity contribution is 7.89. The molecule has 0 radical (unpaired) electrons. The van der Waals surface area contributed by atoms with Gasteiger partial charge in [-0.25, -0.2) is 13.1 Å². The number of anilines is 1.